The SMILES string of the molecule is CC(N)CC(C)S(=O)C1CCCC(C)C1. The molecule has 5 unspecified atom stereocenters. The Morgan fingerprint density at radius 3 is 2.60 bits per heavy atom. The molecule has 0 aromatic heterocycles. The zero-order valence-corrected chi connectivity index (χ0v) is 11.1. The van der Waals surface area contributed by atoms with Gasteiger partial charge in [0.2, 0.25) is 0 Å². The van der Waals surface area contributed by atoms with Crippen LogP contribution >= 0.6 is 0 Å². The minimum Gasteiger partial charge on any atom is -0.328 e. The van der Waals surface area contributed by atoms with Gasteiger partial charge in [0.25, 0.3) is 0 Å². The lowest BCUT2D eigenvalue weighted by Gasteiger charge is -2.28. The van der Waals surface area contributed by atoms with Gasteiger partial charge < -0.3 is 5.73 Å². The van der Waals surface area contributed by atoms with E-state index in [0.29, 0.717) is 5.25 Å². The second-order valence-corrected chi connectivity index (χ2v) is 7.37. The molecule has 0 aromatic rings. The molecular formula is C12H25NOS. The van der Waals surface area contributed by atoms with Gasteiger partial charge in [-0.05, 0) is 32.1 Å². The predicted octanol–water partition coefficient (Wildman–Crippen LogP) is 2.44. The summed E-state index contributed by atoms with van der Waals surface area (Å²) in [5.74, 6) is 0.759. The highest BCUT2D eigenvalue weighted by Gasteiger charge is 2.27. The lowest BCUT2D eigenvalue weighted by molar-refractivity contribution is 0.388. The van der Waals surface area contributed by atoms with Crippen LogP contribution in [0.25, 0.3) is 0 Å². The summed E-state index contributed by atoms with van der Waals surface area (Å²) in [5.41, 5.74) is 5.75. The molecular weight excluding hydrogens is 206 g/mol. The first kappa shape index (κ1) is 13.2. The molecule has 0 aromatic carbocycles. The standard InChI is InChI=1S/C12H25NOS/c1-9-5-4-6-12(7-9)15(14)11(3)8-10(2)13/h9-12H,4-8,13H2,1-3H3. The topological polar surface area (TPSA) is 43.1 Å². The minimum absolute atomic E-state index is 0.171. The molecule has 0 spiro atoms. The van der Waals surface area contributed by atoms with Crippen molar-refractivity contribution in [3.63, 3.8) is 0 Å². The zero-order valence-electron chi connectivity index (χ0n) is 10.2. The number of rotatable bonds is 4. The maximum Gasteiger partial charge on any atom is 0.0353 e. The minimum atomic E-state index is -0.672. The lowest BCUT2D eigenvalue weighted by Crippen LogP contribution is -2.32. The van der Waals surface area contributed by atoms with E-state index in [1.54, 1.807) is 0 Å². The summed E-state index contributed by atoms with van der Waals surface area (Å²) < 4.78 is 12.2. The summed E-state index contributed by atoms with van der Waals surface area (Å²) in [6.45, 7) is 6.36. The maximum absolute atomic E-state index is 12.2. The second-order valence-electron chi connectivity index (χ2n) is 5.25. The molecule has 0 bridgehead atoms. The van der Waals surface area contributed by atoms with Crippen LogP contribution in [0.4, 0.5) is 0 Å². The summed E-state index contributed by atoms with van der Waals surface area (Å²) in [5, 5.41) is 0.697. The molecule has 1 saturated carbocycles. The van der Waals surface area contributed by atoms with Crippen LogP contribution in [0.3, 0.4) is 0 Å². The third-order valence-corrected chi connectivity index (χ3v) is 5.39. The van der Waals surface area contributed by atoms with E-state index in [9.17, 15) is 4.21 Å². The first-order chi connectivity index (χ1) is 7.00. The summed E-state index contributed by atoms with van der Waals surface area (Å²) in [4.78, 5) is 0. The van der Waals surface area contributed by atoms with Crippen molar-refractivity contribution in [3.8, 4) is 0 Å². The Kier molecular flexibility index (Phi) is 5.27. The van der Waals surface area contributed by atoms with Gasteiger partial charge in [-0.15, -0.1) is 0 Å². The smallest absolute Gasteiger partial charge is 0.0353 e. The Morgan fingerprint density at radius 2 is 2.07 bits per heavy atom. The molecule has 0 heterocycles. The van der Waals surface area contributed by atoms with Crippen LogP contribution in [-0.4, -0.2) is 20.8 Å². The van der Waals surface area contributed by atoms with Crippen molar-refractivity contribution in [2.75, 3.05) is 0 Å². The molecule has 1 aliphatic rings. The third kappa shape index (κ3) is 4.23. The van der Waals surface area contributed by atoms with Gasteiger partial charge in [0.1, 0.15) is 0 Å². The average molecular weight is 231 g/mol. The quantitative estimate of drug-likeness (QED) is 0.807. The van der Waals surface area contributed by atoms with Crippen LogP contribution in [-0.2, 0) is 10.8 Å². The van der Waals surface area contributed by atoms with E-state index in [4.69, 9.17) is 5.73 Å². The molecule has 15 heavy (non-hydrogen) atoms. The first-order valence-corrected chi connectivity index (χ1v) is 7.43. The highest BCUT2D eigenvalue weighted by molar-refractivity contribution is 7.86. The van der Waals surface area contributed by atoms with Crippen LogP contribution < -0.4 is 5.73 Å². The zero-order chi connectivity index (χ0) is 11.4. The number of hydrogen-bond donors (Lipinski definition) is 1. The highest BCUT2D eigenvalue weighted by Crippen LogP contribution is 2.28. The molecule has 1 rings (SSSR count). The van der Waals surface area contributed by atoms with Gasteiger partial charge in [0, 0.05) is 27.3 Å². The molecule has 0 saturated heterocycles. The normalized spacial score (nSPS) is 33.3. The van der Waals surface area contributed by atoms with Gasteiger partial charge in [-0.1, -0.05) is 26.7 Å². The molecule has 2 N–H and O–H groups in total. The fraction of sp³-hybridized carbons (Fsp3) is 1.00. The second kappa shape index (κ2) is 6.00. The van der Waals surface area contributed by atoms with Crippen LogP contribution in [0.15, 0.2) is 0 Å². The summed E-state index contributed by atoms with van der Waals surface area (Å²) in [6.07, 6.45) is 5.76. The molecule has 0 amide bonds. The lowest BCUT2D eigenvalue weighted by atomic mass is 9.91. The van der Waals surface area contributed by atoms with E-state index < -0.39 is 10.8 Å². The van der Waals surface area contributed by atoms with E-state index in [-0.39, 0.29) is 11.3 Å². The largest absolute Gasteiger partial charge is 0.328 e. The van der Waals surface area contributed by atoms with Crippen molar-refractivity contribution >= 4 is 10.8 Å². The van der Waals surface area contributed by atoms with Gasteiger partial charge in [-0.3, -0.25) is 4.21 Å². The predicted molar refractivity (Wildman–Crippen MR) is 67.3 cm³/mol. The summed E-state index contributed by atoms with van der Waals surface area (Å²) >= 11 is 0. The molecule has 3 heteroatoms. The third-order valence-electron chi connectivity index (χ3n) is 3.32. The highest BCUT2D eigenvalue weighted by atomic mass is 32.2. The average Bonchev–Trinajstić information content (AvgIpc) is 2.15. The van der Waals surface area contributed by atoms with Gasteiger partial charge in [-0.25, -0.2) is 0 Å². The molecule has 90 valence electrons. The van der Waals surface area contributed by atoms with Gasteiger partial charge >= 0.3 is 0 Å². The Balaban J connectivity index is 2.44. The van der Waals surface area contributed by atoms with Crippen LogP contribution in [0, 0.1) is 5.92 Å². The van der Waals surface area contributed by atoms with E-state index in [1.165, 1.54) is 12.8 Å². The molecule has 0 radical (unpaired) electrons. The first-order valence-electron chi connectivity index (χ1n) is 6.15. The number of hydrogen-bond acceptors (Lipinski definition) is 2. The van der Waals surface area contributed by atoms with Crippen molar-refractivity contribution in [2.24, 2.45) is 11.7 Å². The van der Waals surface area contributed by atoms with Crippen LogP contribution in [0.5, 0.6) is 0 Å². The van der Waals surface area contributed by atoms with E-state index in [1.807, 2.05) is 6.92 Å². The molecule has 0 aliphatic heterocycles. The fourth-order valence-corrected chi connectivity index (χ4v) is 4.60. The van der Waals surface area contributed by atoms with Crippen molar-refractivity contribution in [3.05, 3.63) is 0 Å². The Bertz CT molecular complexity index is 218. The van der Waals surface area contributed by atoms with Crippen LogP contribution in [0.2, 0.25) is 0 Å². The van der Waals surface area contributed by atoms with Crippen LogP contribution in [0.1, 0.15) is 52.9 Å². The monoisotopic (exact) mass is 231 g/mol. The van der Waals surface area contributed by atoms with Crippen molar-refractivity contribution in [1.29, 1.82) is 0 Å². The van der Waals surface area contributed by atoms with Crippen molar-refractivity contribution < 1.29 is 4.21 Å². The van der Waals surface area contributed by atoms with Crippen molar-refractivity contribution in [2.45, 2.75) is 69.4 Å². The maximum atomic E-state index is 12.2. The molecule has 1 aliphatic carbocycles. The van der Waals surface area contributed by atoms with Gasteiger partial charge in [0.05, 0.1) is 0 Å². The molecule has 1 fully saturated rings. The van der Waals surface area contributed by atoms with E-state index in [2.05, 4.69) is 13.8 Å². The van der Waals surface area contributed by atoms with Gasteiger partial charge in [0.15, 0.2) is 0 Å². The summed E-state index contributed by atoms with van der Waals surface area (Å²) in [7, 11) is -0.672. The molecule has 2 nitrogen and oxygen atoms in total. The number of nitrogens with two attached hydrogens (primary N) is 1. The summed E-state index contributed by atoms with van der Waals surface area (Å²) in [6, 6.07) is 0.171. The fourth-order valence-electron chi connectivity index (χ4n) is 2.54. The Morgan fingerprint density at radius 1 is 1.40 bits per heavy atom. The van der Waals surface area contributed by atoms with E-state index in [0.717, 1.165) is 25.2 Å². The van der Waals surface area contributed by atoms with Crippen molar-refractivity contribution in [1.82, 2.24) is 0 Å². The van der Waals surface area contributed by atoms with Gasteiger partial charge in [-0.2, -0.15) is 0 Å². The van der Waals surface area contributed by atoms with E-state index >= 15 is 0 Å². The molecule has 5 atom stereocenters. The Hall–Kier alpha value is 0.110. The Labute approximate surface area is 96.5 Å².